The second kappa shape index (κ2) is 13.7. The molecule has 1 fully saturated rings. The molecule has 0 bridgehead atoms. The van der Waals surface area contributed by atoms with Crippen molar-refractivity contribution in [3.8, 4) is 0 Å². The number of ether oxygens (including phenoxy) is 3. The molecule has 6 heteroatoms. The minimum atomic E-state index is -0.268. The minimum Gasteiger partial charge on any atom is -0.466 e. The quantitative estimate of drug-likeness (QED) is 0.231. The molecule has 0 N–H and O–H groups in total. The first-order valence-corrected chi connectivity index (χ1v) is 12.8. The Balaban J connectivity index is 1.80. The SMILES string of the molecule is CCOC(=O)[C@@H](C)c1ccc(C[C@H]2CCC[C@@H]2OC(=O)COCC[N+](CC)(CC)CC)cc1. The van der Waals surface area contributed by atoms with Gasteiger partial charge in [0.05, 0.1) is 38.8 Å². The molecule has 0 amide bonds. The normalized spacial score (nSPS) is 19.3. The molecule has 1 saturated carbocycles. The van der Waals surface area contributed by atoms with Crippen molar-refractivity contribution in [1.29, 1.82) is 0 Å². The van der Waals surface area contributed by atoms with Crippen molar-refractivity contribution in [1.82, 2.24) is 0 Å². The Morgan fingerprint density at radius 1 is 1.03 bits per heavy atom. The molecule has 0 heterocycles. The van der Waals surface area contributed by atoms with Crippen LogP contribution >= 0.6 is 0 Å². The predicted octanol–water partition coefficient (Wildman–Crippen LogP) is 4.50. The first-order chi connectivity index (χ1) is 15.9. The number of rotatable bonds is 14. The highest BCUT2D eigenvalue weighted by molar-refractivity contribution is 5.77. The summed E-state index contributed by atoms with van der Waals surface area (Å²) in [5.74, 6) is -0.394. The maximum Gasteiger partial charge on any atom is 0.332 e. The van der Waals surface area contributed by atoms with Crippen LogP contribution in [0.15, 0.2) is 24.3 Å². The fourth-order valence-electron chi connectivity index (χ4n) is 4.80. The first kappa shape index (κ1) is 27.3. The number of hydrogen-bond acceptors (Lipinski definition) is 5. The van der Waals surface area contributed by atoms with Crippen LogP contribution in [-0.2, 0) is 30.2 Å². The Morgan fingerprint density at radius 2 is 1.70 bits per heavy atom. The maximum atomic E-state index is 12.4. The number of likely N-dealkylation sites (N-methyl/N-ethyl adjacent to an activating group) is 1. The Hall–Kier alpha value is -1.92. The molecule has 6 nitrogen and oxygen atoms in total. The van der Waals surface area contributed by atoms with Gasteiger partial charge in [0.25, 0.3) is 0 Å². The number of esters is 2. The molecule has 0 aliphatic heterocycles. The van der Waals surface area contributed by atoms with E-state index in [4.69, 9.17) is 14.2 Å². The van der Waals surface area contributed by atoms with Crippen molar-refractivity contribution >= 4 is 11.9 Å². The molecule has 0 radical (unpaired) electrons. The van der Waals surface area contributed by atoms with E-state index in [1.165, 1.54) is 5.56 Å². The number of benzene rings is 1. The Labute approximate surface area is 200 Å². The molecule has 0 spiro atoms. The van der Waals surface area contributed by atoms with E-state index in [0.717, 1.165) is 61.9 Å². The zero-order valence-electron chi connectivity index (χ0n) is 21.3. The van der Waals surface area contributed by atoms with Crippen LogP contribution in [0, 0.1) is 5.92 Å². The van der Waals surface area contributed by atoms with Crippen molar-refractivity contribution in [2.24, 2.45) is 5.92 Å². The van der Waals surface area contributed by atoms with Gasteiger partial charge in [-0.05, 0) is 77.3 Å². The summed E-state index contributed by atoms with van der Waals surface area (Å²) in [6.45, 7) is 15.5. The summed E-state index contributed by atoms with van der Waals surface area (Å²) >= 11 is 0. The van der Waals surface area contributed by atoms with Gasteiger partial charge in [0.2, 0.25) is 0 Å². The van der Waals surface area contributed by atoms with Crippen LogP contribution in [-0.4, -0.2) is 68.5 Å². The van der Waals surface area contributed by atoms with Gasteiger partial charge in [0.1, 0.15) is 19.3 Å². The fraction of sp³-hybridized carbons (Fsp3) is 0.704. The van der Waals surface area contributed by atoms with Gasteiger partial charge in [-0.1, -0.05) is 24.3 Å². The monoisotopic (exact) mass is 462 g/mol. The standard InChI is InChI=1S/C27H44NO5/c1-6-28(7-2,8-3)17-18-31-20-26(29)33-25-12-10-11-24(25)19-22-13-15-23(16-14-22)21(5)27(30)32-9-4/h13-16,21,24-25H,6-12,17-20H2,1-5H3/q+1/t21-,24+,25-/m0/s1. The number of carbonyl (C=O) groups is 2. The van der Waals surface area contributed by atoms with Crippen LogP contribution in [0.4, 0.5) is 0 Å². The van der Waals surface area contributed by atoms with E-state index >= 15 is 0 Å². The lowest BCUT2D eigenvalue weighted by molar-refractivity contribution is -0.923. The van der Waals surface area contributed by atoms with Gasteiger partial charge < -0.3 is 18.7 Å². The van der Waals surface area contributed by atoms with Crippen molar-refractivity contribution in [2.75, 3.05) is 46.0 Å². The van der Waals surface area contributed by atoms with E-state index in [1.54, 1.807) is 0 Å². The maximum absolute atomic E-state index is 12.4. The van der Waals surface area contributed by atoms with Crippen LogP contribution < -0.4 is 0 Å². The van der Waals surface area contributed by atoms with Crippen molar-refractivity contribution in [3.05, 3.63) is 35.4 Å². The first-order valence-electron chi connectivity index (χ1n) is 12.8. The number of hydrogen-bond donors (Lipinski definition) is 0. The zero-order chi connectivity index (χ0) is 24.3. The zero-order valence-corrected chi connectivity index (χ0v) is 21.3. The Bertz CT molecular complexity index is 720. The van der Waals surface area contributed by atoms with Gasteiger partial charge in [-0.2, -0.15) is 0 Å². The highest BCUT2D eigenvalue weighted by Gasteiger charge is 2.31. The van der Waals surface area contributed by atoms with Gasteiger partial charge in [-0.25, -0.2) is 4.79 Å². The summed E-state index contributed by atoms with van der Waals surface area (Å²) in [7, 11) is 0. The Morgan fingerprint density at radius 3 is 2.30 bits per heavy atom. The molecule has 3 atom stereocenters. The molecule has 0 aromatic heterocycles. The number of nitrogens with zero attached hydrogens (tertiary/aromatic N) is 1. The highest BCUT2D eigenvalue weighted by atomic mass is 16.6. The molecule has 1 aliphatic carbocycles. The molecule has 0 unspecified atom stereocenters. The fourth-order valence-corrected chi connectivity index (χ4v) is 4.80. The van der Waals surface area contributed by atoms with E-state index in [9.17, 15) is 9.59 Å². The number of quaternary nitrogens is 1. The highest BCUT2D eigenvalue weighted by Crippen LogP contribution is 2.31. The summed E-state index contributed by atoms with van der Waals surface area (Å²) in [4.78, 5) is 24.3. The second-order valence-electron chi connectivity index (χ2n) is 9.21. The van der Waals surface area contributed by atoms with Crippen LogP contribution in [0.5, 0.6) is 0 Å². The van der Waals surface area contributed by atoms with Gasteiger partial charge in [0, 0.05) is 0 Å². The van der Waals surface area contributed by atoms with E-state index < -0.39 is 0 Å². The average molecular weight is 463 g/mol. The summed E-state index contributed by atoms with van der Waals surface area (Å²) < 4.78 is 17.6. The van der Waals surface area contributed by atoms with E-state index in [-0.39, 0.29) is 30.6 Å². The summed E-state index contributed by atoms with van der Waals surface area (Å²) in [5.41, 5.74) is 2.16. The topological polar surface area (TPSA) is 61.8 Å². The molecular weight excluding hydrogens is 418 g/mol. The molecule has 2 rings (SSSR count). The van der Waals surface area contributed by atoms with Crippen LogP contribution in [0.2, 0.25) is 0 Å². The third-order valence-electron chi connectivity index (χ3n) is 7.43. The van der Waals surface area contributed by atoms with Crippen molar-refractivity contribution in [3.63, 3.8) is 0 Å². The van der Waals surface area contributed by atoms with E-state index in [2.05, 4.69) is 32.9 Å². The number of carbonyl (C=O) groups excluding carboxylic acids is 2. The third-order valence-corrected chi connectivity index (χ3v) is 7.43. The van der Waals surface area contributed by atoms with Crippen molar-refractivity contribution < 1.29 is 28.3 Å². The van der Waals surface area contributed by atoms with Gasteiger partial charge in [-0.15, -0.1) is 0 Å². The van der Waals surface area contributed by atoms with Crippen LogP contribution in [0.25, 0.3) is 0 Å². The molecule has 186 valence electrons. The lowest BCUT2D eigenvalue weighted by Crippen LogP contribution is -2.49. The molecule has 0 saturated heterocycles. The van der Waals surface area contributed by atoms with Gasteiger partial charge in [-0.3, -0.25) is 4.79 Å². The second-order valence-corrected chi connectivity index (χ2v) is 9.21. The van der Waals surface area contributed by atoms with Crippen LogP contribution in [0.1, 0.15) is 70.9 Å². The average Bonchev–Trinajstić information content (AvgIpc) is 3.26. The minimum absolute atomic E-state index is 0.0286. The lowest BCUT2D eigenvalue weighted by Gasteiger charge is -2.35. The van der Waals surface area contributed by atoms with Gasteiger partial charge in [0.15, 0.2) is 0 Å². The lowest BCUT2D eigenvalue weighted by atomic mass is 9.93. The Kier molecular flexibility index (Phi) is 11.3. The van der Waals surface area contributed by atoms with E-state index in [1.807, 2.05) is 26.0 Å². The van der Waals surface area contributed by atoms with Crippen molar-refractivity contribution in [2.45, 2.75) is 72.3 Å². The molecule has 1 aromatic rings. The van der Waals surface area contributed by atoms with Crippen LogP contribution in [0.3, 0.4) is 0 Å². The molecular formula is C27H44NO5+. The summed E-state index contributed by atoms with van der Waals surface area (Å²) in [6, 6.07) is 8.15. The summed E-state index contributed by atoms with van der Waals surface area (Å²) in [5, 5.41) is 0. The predicted molar refractivity (Wildman–Crippen MR) is 130 cm³/mol. The van der Waals surface area contributed by atoms with Gasteiger partial charge >= 0.3 is 11.9 Å². The smallest absolute Gasteiger partial charge is 0.332 e. The molecule has 1 aliphatic rings. The molecule has 33 heavy (non-hydrogen) atoms. The van der Waals surface area contributed by atoms with E-state index in [0.29, 0.717) is 19.1 Å². The summed E-state index contributed by atoms with van der Waals surface area (Å²) in [6.07, 6.45) is 3.87. The third kappa shape index (κ3) is 8.11. The largest absolute Gasteiger partial charge is 0.466 e. The molecule has 1 aromatic carbocycles.